The molecule has 4 heterocycles. The van der Waals surface area contributed by atoms with Crippen LogP contribution in [0.25, 0.3) is 16.7 Å². The first-order valence-corrected chi connectivity index (χ1v) is 9.59. The quantitative estimate of drug-likeness (QED) is 0.776. The summed E-state index contributed by atoms with van der Waals surface area (Å²) in [4.78, 5) is 27.4. The van der Waals surface area contributed by atoms with E-state index < -0.39 is 5.41 Å². The number of hydrogen-bond donors (Lipinski definition) is 1. The van der Waals surface area contributed by atoms with Crippen molar-refractivity contribution < 1.29 is 4.79 Å². The Kier molecular flexibility index (Phi) is 3.51. The Morgan fingerprint density at radius 3 is 3.00 bits per heavy atom. The molecule has 0 radical (unpaired) electrons. The standard InChI is InChI=1S/C20H22N6O/c1-13-3-9-25(19(27)20(4-5-20)6-7-21)12-15(13)18-24-11-14-10-23-17-16(26(14)18)2-8-22-17/h2,8,10-11,13,15,22H,3-6,9,12H2,1H3/t13-,15+/m1/s1. The second kappa shape index (κ2) is 5.81. The van der Waals surface area contributed by atoms with Gasteiger partial charge in [0, 0.05) is 31.6 Å². The van der Waals surface area contributed by atoms with Crippen molar-refractivity contribution in [2.24, 2.45) is 11.3 Å². The third kappa shape index (κ3) is 2.43. The summed E-state index contributed by atoms with van der Waals surface area (Å²) in [7, 11) is 0. The van der Waals surface area contributed by atoms with Gasteiger partial charge in [-0.15, -0.1) is 0 Å². The number of carbonyl (C=O) groups is 1. The summed E-state index contributed by atoms with van der Waals surface area (Å²) in [6.45, 7) is 3.68. The lowest BCUT2D eigenvalue weighted by molar-refractivity contribution is -0.138. The number of piperidine rings is 1. The number of aromatic amines is 1. The van der Waals surface area contributed by atoms with Crippen molar-refractivity contribution in [3.63, 3.8) is 0 Å². The fourth-order valence-corrected chi connectivity index (χ4v) is 4.46. The predicted molar refractivity (Wildman–Crippen MR) is 99.8 cm³/mol. The molecule has 2 fully saturated rings. The number of aromatic nitrogens is 4. The van der Waals surface area contributed by atoms with Gasteiger partial charge in [-0.3, -0.25) is 9.20 Å². The lowest BCUT2D eigenvalue weighted by Gasteiger charge is -2.38. The summed E-state index contributed by atoms with van der Waals surface area (Å²) in [5.74, 6) is 1.76. The fourth-order valence-electron chi connectivity index (χ4n) is 4.46. The lowest BCUT2D eigenvalue weighted by Crippen LogP contribution is -2.45. The average Bonchev–Trinajstić information content (AvgIpc) is 3.11. The smallest absolute Gasteiger partial charge is 0.229 e. The molecule has 1 aliphatic carbocycles. The van der Waals surface area contributed by atoms with Crippen LogP contribution < -0.4 is 0 Å². The zero-order valence-corrected chi connectivity index (χ0v) is 15.4. The van der Waals surface area contributed by atoms with E-state index in [1.807, 2.05) is 29.6 Å². The molecule has 1 amide bonds. The summed E-state index contributed by atoms with van der Waals surface area (Å²) in [6.07, 6.45) is 8.56. The summed E-state index contributed by atoms with van der Waals surface area (Å²) in [5.41, 5.74) is 2.41. The second-order valence-corrected chi connectivity index (χ2v) is 8.09. The van der Waals surface area contributed by atoms with Crippen molar-refractivity contribution in [2.75, 3.05) is 13.1 Å². The molecule has 5 rings (SSSR count). The molecule has 0 aromatic carbocycles. The molecular weight excluding hydrogens is 340 g/mol. The van der Waals surface area contributed by atoms with Crippen molar-refractivity contribution in [1.29, 1.82) is 5.26 Å². The Morgan fingerprint density at radius 2 is 2.22 bits per heavy atom. The number of fused-ring (bicyclic) bond motifs is 3. The van der Waals surface area contributed by atoms with Crippen molar-refractivity contribution in [2.45, 2.75) is 38.5 Å². The van der Waals surface area contributed by atoms with Crippen LogP contribution in [0, 0.1) is 22.7 Å². The second-order valence-electron chi connectivity index (χ2n) is 8.09. The maximum atomic E-state index is 13.1. The molecule has 0 unspecified atom stereocenters. The number of amides is 1. The van der Waals surface area contributed by atoms with E-state index in [1.54, 1.807) is 0 Å². The lowest BCUT2D eigenvalue weighted by atomic mass is 9.85. The van der Waals surface area contributed by atoms with Crippen LogP contribution >= 0.6 is 0 Å². The minimum Gasteiger partial charge on any atom is -0.345 e. The Morgan fingerprint density at radius 1 is 1.41 bits per heavy atom. The average molecular weight is 362 g/mol. The van der Waals surface area contributed by atoms with Crippen molar-refractivity contribution >= 4 is 22.6 Å². The van der Waals surface area contributed by atoms with E-state index in [4.69, 9.17) is 10.2 Å². The van der Waals surface area contributed by atoms with Gasteiger partial charge < -0.3 is 9.88 Å². The van der Waals surface area contributed by atoms with Gasteiger partial charge in [0.25, 0.3) is 0 Å². The van der Waals surface area contributed by atoms with Gasteiger partial charge in [0.05, 0.1) is 34.9 Å². The molecule has 1 aliphatic heterocycles. The van der Waals surface area contributed by atoms with E-state index in [0.29, 0.717) is 18.9 Å². The maximum absolute atomic E-state index is 13.1. The van der Waals surface area contributed by atoms with Crippen molar-refractivity contribution in [1.82, 2.24) is 24.3 Å². The van der Waals surface area contributed by atoms with E-state index in [-0.39, 0.29) is 11.8 Å². The van der Waals surface area contributed by atoms with Crippen LogP contribution in [0.2, 0.25) is 0 Å². The topological polar surface area (TPSA) is 90.1 Å². The van der Waals surface area contributed by atoms with E-state index >= 15 is 0 Å². The number of carbonyl (C=O) groups excluding carboxylic acids is 1. The number of likely N-dealkylation sites (tertiary alicyclic amines) is 1. The summed E-state index contributed by atoms with van der Waals surface area (Å²) < 4.78 is 2.16. The minimum absolute atomic E-state index is 0.162. The Labute approximate surface area is 157 Å². The van der Waals surface area contributed by atoms with Gasteiger partial charge in [-0.2, -0.15) is 5.26 Å². The van der Waals surface area contributed by atoms with Crippen LogP contribution in [0.1, 0.15) is 44.3 Å². The highest BCUT2D eigenvalue weighted by molar-refractivity contribution is 5.86. The molecule has 0 bridgehead atoms. The largest absolute Gasteiger partial charge is 0.345 e. The van der Waals surface area contributed by atoms with Gasteiger partial charge in [-0.1, -0.05) is 6.92 Å². The first kappa shape index (κ1) is 16.3. The molecule has 27 heavy (non-hydrogen) atoms. The SMILES string of the molecule is C[C@@H]1CCN(C(=O)C2(CC#N)CC2)C[C@@H]1c1ncc2cnc3[nH]ccc3n12. The third-order valence-corrected chi connectivity index (χ3v) is 6.39. The molecule has 1 N–H and O–H groups in total. The Hall–Kier alpha value is -2.88. The first-order valence-electron chi connectivity index (χ1n) is 9.59. The zero-order chi connectivity index (χ0) is 18.6. The molecule has 7 heteroatoms. The van der Waals surface area contributed by atoms with Gasteiger partial charge in [0.2, 0.25) is 5.91 Å². The van der Waals surface area contributed by atoms with Crippen LogP contribution in [-0.2, 0) is 4.79 Å². The van der Waals surface area contributed by atoms with Crippen LogP contribution in [0.5, 0.6) is 0 Å². The van der Waals surface area contributed by atoms with Crippen LogP contribution in [0.15, 0.2) is 24.7 Å². The van der Waals surface area contributed by atoms with Gasteiger partial charge in [0.15, 0.2) is 5.65 Å². The number of rotatable bonds is 3. The molecule has 1 saturated carbocycles. The molecule has 138 valence electrons. The number of nitrogens with one attached hydrogen (secondary N) is 1. The Bertz CT molecular complexity index is 1070. The van der Waals surface area contributed by atoms with E-state index in [9.17, 15) is 4.79 Å². The van der Waals surface area contributed by atoms with E-state index in [0.717, 1.165) is 48.3 Å². The van der Waals surface area contributed by atoms with Crippen LogP contribution in [-0.4, -0.2) is 43.2 Å². The van der Waals surface area contributed by atoms with Crippen molar-refractivity contribution in [3.05, 3.63) is 30.5 Å². The highest BCUT2D eigenvalue weighted by atomic mass is 16.2. The normalized spacial score (nSPS) is 24.2. The summed E-state index contributed by atoms with van der Waals surface area (Å²) in [6, 6.07) is 4.22. The highest BCUT2D eigenvalue weighted by Gasteiger charge is 2.52. The molecule has 1 saturated heterocycles. The zero-order valence-electron chi connectivity index (χ0n) is 15.4. The van der Waals surface area contributed by atoms with Crippen molar-refractivity contribution in [3.8, 4) is 6.07 Å². The number of hydrogen-bond acceptors (Lipinski definition) is 4. The minimum atomic E-state index is -0.410. The van der Waals surface area contributed by atoms with Gasteiger partial charge >= 0.3 is 0 Å². The molecule has 7 nitrogen and oxygen atoms in total. The number of H-pyrrole nitrogens is 1. The van der Waals surface area contributed by atoms with Gasteiger partial charge in [0.1, 0.15) is 5.82 Å². The van der Waals surface area contributed by atoms with E-state index in [2.05, 4.69) is 27.4 Å². The number of nitrogens with zero attached hydrogens (tertiary/aromatic N) is 5. The number of nitriles is 1. The summed E-state index contributed by atoms with van der Waals surface area (Å²) in [5, 5.41) is 9.09. The maximum Gasteiger partial charge on any atom is 0.229 e. The molecule has 0 spiro atoms. The fraction of sp³-hybridized carbons (Fsp3) is 0.500. The molecule has 2 aliphatic rings. The number of imidazole rings is 1. The van der Waals surface area contributed by atoms with E-state index in [1.165, 1.54) is 0 Å². The van der Waals surface area contributed by atoms with Gasteiger partial charge in [-0.25, -0.2) is 9.97 Å². The van der Waals surface area contributed by atoms with Gasteiger partial charge in [-0.05, 0) is 31.2 Å². The molecule has 3 aromatic heterocycles. The predicted octanol–water partition coefficient (Wildman–Crippen LogP) is 2.86. The van der Waals surface area contributed by atoms with Crippen LogP contribution in [0.3, 0.4) is 0 Å². The molecule has 3 aromatic rings. The monoisotopic (exact) mass is 362 g/mol. The summed E-state index contributed by atoms with van der Waals surface area (Å²) >= 11 is 0. The molecule has 2 atom stereocenters. The first-order chi connectivity index (χ1) is 13.1. The Balaban J connectivity index is 1.51. The molecular formula is C20H22N6O. The highest BCUT2D eigenvalue weighted by Crippen LogP contribution is 2.50. The third-order valence-electron chi connectivity index (χ3n) is 6.39. The van der Waals surface area contributed by atoms with Crippen LogP contribution in [0.4, 0.5) is 0 Å².